The van der Waals surface area contributed by atoms with E-state index in [-0.39, 0.29) is 5.28 Å². The van der Waals surface area contributed by atoms with Crippen LogP contribution in [-0.4, -0.2) is 33.1 Å². The fourth-order valence-corrected chi connectivity index (χ4v) is 3.31. The number of ether oxygens (including phenoxy) is 1. The summed E-state index contributed by atoms with van der Waals surface area (Å²) < 4.78 is 6.17. The Morgan fingerprint density at radius 3 is 2.35 bits per heavy atom. The van der Waals surface area contributed by atoms with Crippen LogP contribution >= 0.6 is 22.9 Å². The van der Waals surface area contributed by atoms with Crippen molar-refractivity contribution < 1.29 is 4.74 Å². The molecule has 0 unspecified atom stereocenters. The first kappa shape index (κ1) is 18.0. The van der Waals surface area contributed by atoms with Crippen LogP contribution in [0.1, 0.15) is 39.3 Å². The van der Waals surface area contributed by atoms with Gasteiger partial charge in [-0.15, -0.1) is 11.3 Å². The van der Waals surface area contributed by atoms with Crippen LogP contribution in [0.25, 0.3) is 20.6 Å². The van der Waals surface area contributed by atoms with Crippen LogP contribution in [0.3, 0.4) is 0 Å². The molecule has 0 amide bonds. The first-order valence-electron chi connectivity index (χ1n) is 7.84. The van der Waals surface area contributed by atoms with Gasteiger partial charge < -0.3 is 4.74 Å². The number of aromatic nitrogens is 4. The molecule has 0 saturated carbocycles. The van der Waals surface area contributed by atoms with E-state index < -0.39 is 0 Å². The third-order valence-electron chi connectivity index (χ3n) is 3.03. The highest BCUT2D eigenvalue weighted by atomic mass is 35.5. The molecule has 3 rings (SSSR count). The van der Waals surface area contributed by atoms with Crippen molar-refractivity contribution >= 4 is 43.5 Å². The molecule has 0 radical (unpaired) electrons. The van der Waals surface area contributed by atoms with Crippen molar-refractivity contribution in [3.8, 4) is 0 Å². The lowest BCUT2D eigenvalue weighted by molar-refractivity contribution is 0.135. The molecule has 0 bridgehead atoms. The van der Waals surface area contributed by atoms with Crippen molar-refractivity contribution in [2.75, 3.05) is 13.2 Å². The molecule has 0 spiro atoms. The van der Waals surface area contributed by atoms with Crippen molar-refractivity contribution in [2.24, 2.45) is 0 Å². The van der Waals surface area contributed by atoms with E-state index in [9.17, 15) is 0 Å². The van der Waals surface area contributed by atoms with Crippen molar-refractivity contribution in [1.82, 2.24) is 19.9 Å². The SMILES string of the molecule is CCCOCCC.CCc1nc(Cl)nc2c1sc1nccnc12. The number of aryl methyl sites for hydroxylation is 1. The van der Waals surface area contributed by atoms with Gasteiger partial charge in [0.25, 0.3) is 0 Å². The highest BCUT2D eigenvalue weighted by Gasteiger charge is 2.13. The summed E-state index contributed by atoms with van der Waals surface area (Å²) in [6.07, 6.45) is 6.44. The van der Waals surface area contributed by atoms with Crippen LogP contribution in [0.15, 0.2) is 12.4 Å². The largest absolute Gasteiger partial charge is 0.381 e. The number of hydrogen-bond acceptors (Lipinski definition) is 6. The number of hydrogen-bond donors (Lipinski definition) is 0. The Morgan fingerprint density at radius 2 is 1.70 bits per heavy atom. The molecule has 0 N–H and O–H groups in total. The first-order chi connectivity index (χ1) is 11.2. The lowest BCUT2D eigenvalue weighted by Crippen LogP contribution is -1.92. The van der Waals surface area contributed by atoms with E-state index >= 15 is 0 Å². The van der Waals surface area contributed by atoms with Crippen molar-refractivity contribution in [3.63, 3.8) is 0 Å². The molecular weight excluding hydrogens is 332 g/mol. The summed E-state index contributed by atoms with van der Waals surface area (Å²) >= 11 is 7.46. The maximum atomic E-state index is 5.89. The molecule has 0 aliphatic heterocycles. The van der Waals surface area contributed by atoms with E-state index in [0.29, 0.717) is 0 Å². The second-order valence-electron chi connectivity index (χ2n) is 4.90. The molecule has 3 heterocycles. The number of halogens is 1. The van der Waals surface area contributed by atoms with Gasteiger partial charge in [0.05, 0.1) is 10.4 Å². The summed E-state index contributed by atoms with van der Waals surface area (Å²) in [6.45, 7) is 8.14. The van der Waals surface area contributed by atoms with E-state index in [1.54, 1.807) is 23.7 Å². The minimum Gasteiger partial charge on any atom is -0.381 e. The zero-order valence-electron chi connectivity index (χ0n) is 13.7. The molecule has 0 aromatic carbocycles. The number of thiophene rings is 1. The Labute approximate surface area is 145 Å². The van der Waals surface area contributed by atoms with Crippen LogP contribution in [-0.2, 0) is 11.2 Å². The van der Waals surface area contributed by atoms with Crippen LogP contribution < -0.4 is 0 Å². The van der Waals surface area contributed by atoms with E-state index in [2.05, 4.69) is 33.8 Å². The van der Waals surface area contributed by atoms with E-state index in [1.807, 2.05) is 6.92 Å². The van der Waals surface area contributed by atoms with Gasteiger partial charge in [-0.2, -0.15) is 0 Å². The van der Waals surface area contributed by atoms with Crippen LogP contribution in [0.5, 0.6) is 0 Å². The van der Waals surface area contributed by atoms with Crippen molar-refractivity contribution in [2.45, 2.75) is 40.0 Å². The zero-order valence-corrected chi connectivity index (χ0v) is 15.2. The van der Waals surface area contributed by atoms with Gasteiger partial charge >= 0.3 is 0 Å². The van der Waals surface area contributed by atoms with Gasteiger partial charge in [0, 0.05) is 25.6 Å². The molecule has 0 aliphatic rings. The van der Waals surface area contributed by atoms with Crippen LogP contribution in [0.4, 0.5) is 0 Å². The third kappa shape index (κ3) is 4.56. The lowest BCUT2D eigenvalue weighted by atomic mass is 10.3. The standard InChI is InChI=1S/C10H7ClN4S.C6H14O/c1-2-5-8-6(15-10(11)14-5)7-9(16-8)13-4-3-12-7;1-3-5-7-6-4-2/h3-4H,2H2,1H3;3-6H2,1-2H3. The average molecular weight is 353 g/mol. The maximum Gasteiger partial charge on any atom is 0.223 e. The molecule has 124 valence electrons. The fourth-order valence-electron chi connectivity index (χ4n) is 2.02. The van der Waals surface area contributed by atoms with Crippen molar-refractivity contribution in [3.05, 3.63) is 23.4 Å². The summed E-state index contributed by atoms with van der Waals surface area (Å²) in [5.41, 5.74) is 2.58. The van der Waals surface area contributed by atoms with Crippen LogP contribution in [0, 0.1) is 0 Å². The topological polar surface area (TPSA) is 60.8 Å². The molecule has 5 nitrogen and oxygen atoms in total. The summed E-state index contributed by atoms with van der Waals surface area (Å²) in [7, 11) is 0. The van der Waals surface area contributed by atoms with Gasteiger partial charge in [-0.05, 0) is 30.9 Å². The monoisotopic (exact) mass is 352 g/mol. The predicted molar refractivity (Wildman–Crippen MR) is 96.3 cm³/mol. The first-order valence-corrected chi connectivity index (χ1v) is 9.04. The van der Waals surface area contributed by atoms with E-state index in [1.165, 1.54) is 0 Å². The Morgan fingerprint density at radius 1 is 1.00 bits per heavy atom. The van der Waals surface area contributed by atoms with Gasteiger partial charge in [0.15, 0.2) is 0 Å². The number of rotatable bonds is 5. The Bertz CT molecular complexity index is 758. The third-order valence-corrected chi connectivity index (χ3v) is 4.32. The molecule has 3 aromatic rings. The summed E-state index contributed by atoms with van der Waals surface area (Å²) in [6, 6.07) is 0. The predicted octanol–water partition coefficient (Wildman–Crippen LogP) is 4.67. The smallest absolute Gasteiger partial charge is 0.223 e. The number of nitrogens with zero attached hydrogens (tertiary/aromatic N) is 4. The Balaban J connectivity index is 0.000000236. The Kier molecular flexibility index (Phi) is 7.08. The van der Waals surface area contributed by atoms with E-state index in [4.69, 9.17) is 16.3 Å². The molecule has 0 aliphatic carbocycles. The highest BCUT2D eigenvalue weighted by Crippen LogP contribution is 2.32. The normalized spacial score (nSPS) is 10.8. The van der Waals surface area contributed by atoms with Gasteiger partial charge in [-0.3, -0.25) is 0 Å². The van der Waals surface area contributed by atoms with Crippen molar-refractivity contribution in [1.29, 1.82) is 0 Å². The second-order valence-corrected chi connectivity index (χ2v) is 6.23. The molecule has 0 atom stereocenters. The van der Waals surface area contributed by atoms with Gasteiger partial charge in [-0.25, -0.2) is 19.9 Å². The Hall–Kier alpha value is -1.37. The molecule has 23 heavy (non-hydrogen) atoms. The molecular formula is C16H21ClN4OS. The van der Waals surface area contributed by atoms with Gasteiger partial charge in [0.2, 0.25) is 5.28 Å². The second kappa shape index (κ2) is 9.05. The van der Waals surface area contributed by atoms with Crippen LogP contribution in [0.2, 0.25) is 5.28 Å². The molecule has 0 saturated heterocycles. The quantitative estimate of drug-likeness (QED) is 0.493. The summed E-state index contributed by atoms with van der Waals surface area (Å²) in [5.74, 6) is 0. The lowest BCUT2D eigenvalue weighted by Gasteiger charge is -1.97. The zero-order chi connectivity index (χ0) is 16.7. The minimum atomic E-state index is 0.273. The van der Waals surface area contributed by atoms with Gasteiger partial charge in [-0.1, -0.05) is 20.8 Å². The van der Waals surface area contributed by atoms with Gasteiger partial charge in [0.1, 0.15) is 15.9 Å². The maximum absolute atomic E-state index is 5.89. The minimum absolute atomic E-state index is 0.273. The molecule has 0 fully saturated rings. The van der Waals surface area contributed by atoms with E-state index in [0.717, 1.165) is 58.7 Å². The number of fused-ring (bicyclic) bond motifs is 3. The fraction of sp³-hybridized carbons (Fsp3) is 0.500. The summed E-state index contributed by atoms with van der Waals surface area (Å²) in [5, 5.41) is 0.273. The molecule has 3 aromatic heterocycles. The molecule has 7 heteroatoms. The highest BCUT2D eigenvalue weighted by molar-refractivity contribution is 7.25. The summed E-state index contributed by atoms with van der Waals surface area (Å²) in [4.78, 5) is 17.9. The average Bonchev–Trinajstić information content (AvgIpc) is 2.94.